The highest BCUT2D eigenvalue weighted by Crippen LogP contribution is 2.12. The lowest BCUT2D eigenvalue weighted by molar-refractivity contribution is -0.141. The summed E-state index contributed by atoms with van der Waals surface area (Å²) in [6.07, 6.45) is 1.48. The summed E-state index contributed by atoms with van der Waals surface area (Å²) in [7, 11) is 1.91. The van der Waals surface area contributed by atoms with Crippen molar-refractivity contribution < 1.29 is 9.90 Å². The number of carbonyl (C=O) groups is 1. The van der Waals surface area contributed by atoms with Crippen molar-refractivity contribution in [3.05, 3.63) is 17.5 Å². The zero-order valence-electron chi connectivity index (χ0n) is 10.4. The van der Waals surface area contributed by atoms with Crippen molar-refractivity contribution in [2.45, 2.75) is 33.6 Å². The number of carboxylic acid groups (broad SMARTS) is 1. The van der Waals surface area contributed by atoms with Gasteiger partial charge in [-0.1, -0.05) is 20.8 Å². The minimum atomic E-state index is -0.768. The van der Waals surface area contributed by atoms with Gasteiger partial charge in [0.1, 0.15) is 0 Å². The van der Waals surface area contributed by atoms with E-state index in [-0.39, 0.29) is 5.92 Å². The Hall–Kier alpha value is -1.32. The van der Waals surface area contributed by atoms with Gasteiger partial charge < -0.3 is 5.11 Å². The van der Waals surface area contributed by atoms with Crippen LogP contribution in [0.1, 0.15) is 32.2 Å². The Kier molecular flexibility index (Phi) is 4.10. The van der Waals surface area contributed by atoms with E-state index in [4.69, 9.17) is 5.11 Å². The Labute approximate surface area is 96.3 Å². The molecule has 1 aromatic heterocycles. The Balaban J connectivity index is 2.72. The van der Waals surface area contributed by atoms with E-state index in [0.717, 1.165) is 12.1 Å². The topological polar surface area (TPSA) is 55.1 Å². The molecule has 1 heterocycles. The van der Waals surface area contributed by atoms with E-state index in [1.165, 1.54) is 5.69 Å². The van der Waals surface area contributed by atoms with Crippen molar-refractivity contribution in [3.63, 3.8) is 0 Å². The van der Waals surface area contributed by atoms with Crippen LogP contribution < -0.4 is 0 Å². The van der Waals surface area contributed by atoms with Crippen LogP contribution in [0.25, 0.3) is 0 Å². The van der Waals surface area contributed by atoms with Gasteiger partial charge in [-0.05, 0) is 18.4 Å². The highest BCUT2D eigenvalue weighted by molar-refractivity contribution is 5.69. The molecule has 0 aliphatic rings. The Bertz CT molecular complexity index is 369. The Morgan fingerprint density at radius 1 is 1.44 bits per heavy atom. The second-order valence-corrected chi connectivity index (χ2v) is 4.79. The smallest absolute Gasteiger partial charge is 0.306 e. The number of hydrogen-bond donors (Lipinski definition) is 1. The van der Waals surface area contributed by atoms with Gasteiger partial charge in [0.05, 0.1) is 11.6 Å². The molecule has 0 aromatic carbocycles. The fourth-order valence-electron chi connectivity index (χ4n) is 1.68. The second kappa shape index (κ2) is 5.14. The van der Waals surface area contributed by atoms with E-state index in [9.17, 15) is 4.79 Å². The highest BCUT2D eigenvalue weighted by atomic mass is 16.4. The lowest BCUT2D eigenvalue weighted by atomic mass is 10.0. The monoisotopic (exact) mass is 224 g/mol. The minimum absolute atomic E-state index is 0.373. The molecule has 4 heteroatoms. The summed E-state index contributed by atoms with van der Waals surface area (Å²) in [6, 6.07) is 2.01. The summed E-state index contributed by atoms with van der Waals surface area (Å²) < 4.78 is 1.85. The molecule has 0 saturated heterocycles. The summed E-state index contributed by atoms with van der Waals surface area (Å²) in [6.45, 7) is 6.03. The van der Waals surface area contributed by atoms with Crippen LogP contribution in [0.3, 0.4) is 0 Å². The predicted molar refractivity (Wildman–Crippen MR) is 62.3 cm³/mol. The van der Waals surface area contributed by atoms with Crippen molar-refractivity contribution in [3.8, 4) is 0 Å². The van der Waals surface area contributed by atoms with Crippen LogP contribution in [0.2, 0.25) is 0 Å². The zero-order chi connectivity index (χ0) is 12.3. The van der Waals surface area contributed by atoms with Gasteiger partial charge in [-0.3, -0.25) is 9.48 Å². The van der Waals surface area contributed by atoms with Gasteiger partial charge in [0, 0.05) is 19.2 Å². The fraction of sp³-hybridized carbons (Fsp3) is 0.667. The molecule has 1 atom stereocenters. The minimum Gasteiger partial charge on any atom is -0.481 e. The zero-order valence-corrected chi connectivity index (χ0v) is 10.4. The highest BCUT2D eigenvalue weighted by Gasteiger charge is 2.15. The van der Waals surface area contributed by atoms with Crippen molar-refractivity contribution in [1.82, 2.24) is 9.78 Å². The molecule has 0 amide bonds. The molecule has 0 spiro atoms. The lowest BCUT2D eigenvalue weighted by Crippen LogP contribution is -2.12. The van der Waals surface area contributed by atoms with Gasteiger partial charge in [0.25, 0.3) is 0 Å². The second-order valence-electron chi connectivity index (χ2n) is 4.79. The summed E-state index contributed by atoms with van der Waals surface area (Å²) >= 11 is 0. The van der Waals surface area contributed by atoms with Crippen LogP contribution >= 0.6 is 0 Å². The molecule has 1 rings (SSSR count). The van der Waals surface area contributed by atoms with Crippen LogP contribution in [0.4, 0.5) is 0 Å². The maximum atomic E-state index is 10.7. The number of rotatable bonds is 5. The molecular weight excluding hydrogens is 204 g/mol. The van der Waals surface area contributed by atoms with E-state index in [2.05, 4.69) is 18.9 Å². The van der Waals surface area contributed by atoms with Crippen molar-refractivity contribution in [2.24, 2.45) is 18.9 Å². The molecule has 0 aliphatic carbocycles. The summed E-state index contributed by atoms with van der Waals surface area (Å²) in [5.74, 6) is -0.557. The molecule has 0 bridgehead atoms. The summed E-state index contributed by atoms with van der Waals surface area (Å²) in [5.41, 5.74) is 2.04. The van der Waals surface area contributed by atoms with Gasteiger partial charge in [0.15, 0.2) is 0 Å². The lowest BCUT2D eigenvalue weighted by Gasteiger charge is -2.03. The molecule has 0 aliphatic heterocycles. The molecule has 1 aromatic rings. The Morgan fingerprint density at radius 2 is 2.06 bits per heavy atom. The first kappa shape index (κ1) is 12.7. The van der Waals surface area contributed by atoms with E-state index in [1.54, 1.807) is 6.92 Å². The van der Waals surface area contributed by atoms with Gasteiger partial charge >= 0.3 is 5.97 Å². The standard InChI is InChI=1S/C12H20N2O2/c1-8(2)5-11-7-10(13-14(11)4)6-9(3)12(15)16/h7-9H,5-6H2,1-4H3,(H,15,16). The summed E-state index contributed by atoms with van der Waals surface area (Å²) in [4.78, 5) is 10.7. The third kappa shape index (κ3) is 3.36. The van der Waals surface area contributed by atoms with Crippen LogP contribution in [-0.4, -0.2) is 20.9 Å². The predicted octanol–water partition coefficient (Wildman–Crippen LogP) is 1.88. The molecule has 0 radical (unpaired) electrons. The molecular formula is C12H20N2O2. The van der Waals surface area contributed by atoms with Crippen molar-refractivity contribution >= 4 is 5.97 Å². The van der Waals surface area contributed by atoms with Crippen LogP contribution in [0, 0.1) is 11.8 Å². The molecule has 0 fully saturated rings. The van der Waals surface area contributed by atoms with Crippen LogP contribution in [0.15, 0.2) is 6.07 Å². The van der Waals surface area contributed by atoms with E-state index >= 15 is 0 Å². The van der Waals surface area contributed by atoms with E-state index in [0.29, 0.717) is 12.3 Å². The average molecular weight is 224 g/mol. The number of hydrogen-bond acceptors (Lipinski definition) is 2. The number of aryl methyl sites for hydroxylation is 1. The molecule has 0 saturated carbocycles. The maximum absolute atomic E-state index is 10.7. The first-order chi connectivity index (χ1) is 7.40. The third-order valence-corrected chi connectivity index (χ3v) is 2.58. The maximum Gasteiger partial charge on any atom is 0.306 e. The molecule has 4 nitrogen and oxygen atoms in total. The summed E-state index contributed by atoms with van der Waals surface area (Å²) in [5, 5.41) is 13.2. The van der Waals surface area contributed by atoms with Crippen LogP contribution in [0.5, 0.6) is 0 Å². The first-order valence-corrected chi connectivity index (χ1v) is 5.64. The fourth-order valence-corrected chi connectivity index (χ4v) is 1.68. The van der Waals surface area contributed by atoms with Gasteiger partial charge in [0.2, 0.25) is 0 Å². The van der Waals surface area contributed by atoms with Crippen molar-refractivity contribution in [1.29, 1.82) is 0 Å². The number of aliphatic carboxylic acids is 1. The number of aromatic nitrogens is 2. The van der Waals surface area contributed by atoms with Crippen LogP contribution in [-0.2, 0) is 24.7 Å². The largest absolute Gasteiger partial charge is 0.481 e. The number of carboxylic acids is 1. The molecule has 1 unspecified atom stereocenters. The molecule has 1 N–H and O–H groups in total. The van der Waals surface area contributed by atoms with E-state index < -0.39 is 5.97 Å². The van der Waals surface area contributed by atoms with Gasteiger partial charge in [-0.25, -0.2) is 0 Å². The Morgan fingerprint density at radius 3 is 2.56 bits per heavy atom. The van der Waals surface area contributed by atoms with Crippen molar-refractivity contribution in [2.75, 3.05) is 0 Å². The first-order valence-electron chi connectivity index (χ1n) is 5.64. The SMILES string of the molecule is CC(C)Cc1cc(CC(C)C(=O)O)nn1C. The average Bonchev–Trinajstić information content (AvgIpc) is 2.45. The third-order valence-electron chi connectivity index (χ3n) is 2.58. The van der Waals surface area contributed by atoms with Gasteiger partial charge in [-0.2, -0.15) is 5.10 Å². The number of nitrogens with zero attached hydrogens (tertiary/aromatic N) is 2. The van der Waals surface area contributed by atoms with E-state index in [1.807, 2.05) is 17.8 Å². The van der Waals surface area contributed by atoms with Gasteiger partial charge in [-0.15, -0.1) is 0 Å². The normalized spacial score (nSPS) is 13.1. The quantitative estimate of drug-likeness (QED) is 0.830. The molecule has 16 heavy (non-hydrogen) atoms. The molecule has 90 valence electrons.